The Bertz CT molecular complexity index is 578. The number of nitrogens with one attached hydrogen (secondary N) is 2. The molecule has 1 fully saturated rings. The number of aromatic nitrogens is 2. The molecule has 1 aromatic heterocycles. The maximum Gasteiger partial charge on any atom is 0.227 e. The average Bonchev–Trinajstić information content (AvgIpc) is 3.01. The van der Waals surface area contributed by atoms with E-state index in [4.69, 9.17) is 0 Å². The number of anilines is 1. The van der Waals surface area contributed by atoms with Gasteiger partial charge in [-0.05, 0) is 19.8 Å². The fraction of sp³-hybridized carbons (Fsp3) is 0.706. The Morgan fingerprint density at radius 2 is 2.04 bits per heavy atom. The molecular formula is C17H30N6O. The van der Waals surface area contributed by atoms with Crippen LogP contribution in [-0.4, -0.2) is 53.2 Å². The van der Waals surface area contributed by atoms with Crippen LogP contribution in [0.5, 0.6) is 0 Å². The second kappa shape index (κ2) is 7.68. The van der Waals surface area contributed by atoms with Gasteiger partial charge in [0.25, 0.3) is 0 Å². The standard InChI is InChI=1S/C17H30N6O/c1-6-19-16(18-5)21-13-11-20-23(12-13)14-7-9-22(10-8-14)15(24)17(2,3)4/h11-12,14H,6-10H2,1-5H3,(H2,18,19,21). The lowest BCUT2D eigenvalue weighted by molar-refractivity contribution is -0.140. The third-order valence-corrected chi connectivity index (χ3v) is 4.20. The first-order valence-corrected chi connectivity index (χ1v) is 8.66. The molecule has 7 nitrogen and oxygen atoms in total. The van der Waals surface area contributed by atoms with Gasteiger partial charge in [-0.15, -0.1) is 0 Å². The Labute approximate surface area is 144 Å². The van der Waals surface area contributed by atoms with E-state index in [1.165, 1.54) is 0 Å². The van der Waals surface area contributed by atoms with Crippen molar-refractivity contribution in [3.63, 3.8) is 0 Å². The van der Waals surface area contributed by atoms with Gasteiger partial charge in [-0.2, -0.15) is 5.10 Å². The Hall–Kier alpha value is -2.05. The zero-order valence-electron chi connectivity index (χ0n) is 15.5. The number of rotatable bonds is 3. The molecule has 2 heterocycles. The van der Waals surface area contributed by atoms with Crippen molar-refractivity contribution in [2.75, 3.05) is 32.0 Å². The van der Waals surface area contributed by atoms with Crippen LogP contribution in [0.15, 0.2) is 17.4 Å². The van der Waals surface area contributed by atoms with E-state index in [1.807, 2.05) is 49.7 Å². The summed E-state index contributed by atoms with van der Waals surface area (Å²) in [5.74, 6) is 0.973. The van der Waals surface area contributed by atoms with E-state index in [-0.39, 0.29) is 11.3 Å². The summed E-state index contributed by atoms with van der Waals surface area (Å²) in [4.78, 5) is 18.5. The summed E-state index contributed by atoms with van der Waals surface area (Å²) in [7, 11) is 1.75. The van der Waals surface area contributed by atoms with Crippen molar-refractivity contribution in [3.05, 3.63) is 12.4 Å². The van der Waals surface area contributed by atoms with Gasteiger partial charge in [0.15, 0.2) is 5.96 Å². The second-order valence-electron chi connectivity index (χ2n) is 7.21. The molecule has 1 amide bonds. The third kappa shape index (κ3) is 4.49. The van der Waals surface area contributed by atoms with Crippen molar-refractivity contribution in [2.24, 2.45) is 10.4 Å². The van der Waals surface area contributed by atoms with Crippen LogP contribution < -0.4 is 10.6 Å². The quantitative estimate of drug-likeness (QED) is 0.656. The fourth-order valence-electron chi connectivity index (χ4n) is 2.89. The average molecular weight is 334 g/mol. The van der Waals surface area contributed by atoms with E-state index in [9.17, 15) is 4.79 Å². The van der Waals surface area contributed by atoms with E-state index in [0.29, 0.717) is 6.04 Å². The van der Waals surface area contributed by atoms with Gasteiger partial charge < -0.3 is 15.5 Å². The maximum absolute atomic E-state index is 12.4. The van der Waals surface area contributed by atoms with Gasteiger partial charge in [-0.3, -0.25) is 14.5 Å². The Balaban J connectivity index is 1.92. The number of aliphatic imine (C=N–C) groups is 1. The van der Waals surface area contributed by atoms with Crippen LogP contribution in [0.3, 0.4) is 0 Å². The molecule has 0 bridgehead atoms. The van der Waals surface area contributed by atoms with E-state index >= 15 is 0 Å². The molecule has 2 rings (SSSR count). The highest BCUT2D eigenvalue weighted by Crippen LogP contribution is 2.26. The van der Waals surface area contributed by atoms with Crippen LogP contribution in [-0.2, 0) is 4.79 Å². The Kier molecular flexibility index (Phi) is 5.85. The molecule has 1 aliphatic heterocycles. The molecule has 134 valence electrons. The molecule has 0 spiro atoms. The highest BCUT2D eigenvalue weighted by atomic mass is 16.2. The van der Waals surface area contributed by atoms with Gasteiger partial charge in [-0.25, -0.2) is 0 Å². The number of guanidine groups is 1. The van der Waals surface area contributed by atoms with Crippen LogP contribution in [0.4, 0.5) is 5.69 Å². The molecule has 2 N–H and O–H groups in total. The van der Waals surface area contributed by atoms with Crippen molar-refractivity contribution in [2.45, 2.75) is 46.6 Å². The van der Waals surface area contributed by atoms with Gasteiger partial charge in [0.05, 0.1) is 17.9 Å². The number of likely N-dealkylation sites (tertiary alicyclic amines) is 1. The summed E-state index contributed by atoms with van der Waals surface area (Å²) < 4.78 is 2.00. The lowest BCUT2D eigenvalue weighted by Gasteiger charge is -2.35. The molecule has 1 saturated heterocycles. The summed E-state index contributed by atoms with van der Waals surface area (Å²) in [6.45, 7) is 10.4. The van der Waals surface area contributed by atoms with Crippen LogP contribution in [0.1, 0.15) is 46.6 Å². The molecule has 0 aromatic carbocycles. The topological polar surface area (TPSA) is 74.6 Å². The molecule has 0 atom stereocenters. The van der Waals surface area contributed by atoms with Crippen molar-refractivity contribution in [1.82, 2.24) is 20.0 Å². The van der Waals surface area contributed by atoms with Crippen LogP contribution >= 0.6 is 0 Å². The number of hydrogen-bond donors (Lipinski definition) is 2. The lowest BCUT2D eigenvalue weighted by atomic mass is 9.93. The highest BCUT2D eigenvalue weighted by molar-refractivity contribution is 5.93. The van der Waals surface area contributed by atoms with Gasteiger partial charge in [-0.1, -0.05) is 20.8 Å². The molecule has 0 unspecified atom stereocenters. The first-order chi connectivity index (χ1) is 11.3. The smallest absolute Gasteiger partial charge is 0.227 e. The predicted octanol–water partition coefficient (Wildman–Crippen LogP) is 2.10. The van der Waals surface area contributed by atoms with Crippen molar-refractivity contribution in [3.8, 4) is 0 Å². The first-order valence-electron chi connectivity index (χ1n) is 8.66. The Morgan fingerprint density at radius 1 is 1.38 bits per heavy atom. The maximum atomic E-state index is 12.4. The molecule has 0 radical (unpaired) electrons. The molecule has 1 aliphatic rings. The number of piperidine rings is 1. The number of carbonyl (C=O) groups is 1. The third-order valence-electron chi connectivity index (χ3n) is 4.20. The summed E-state index contributed by atoms with van der Waals surface area (Å²) in [6.07, 6.45) is 5.69. The minimum atomic E-state index is -0.308. The zero-order valence-corrected chi connectivity index (χ0v) is 15.5. The molecular weight excluding hydrogens is 304 g/mol. The van der Waals surface area contributed by atoms with Crippen molar-refractivity contribution >= 4 is 17.6 Å². The summed E-state index contributed by atoms with van der Waals surface area (Å²) in [6, 6.07) is 0.339. The molecule has 24 heavy (non-hydrogen) atoms. The molecule has 0 aliphatic carbocycles. The lowest BCUT2D eigenvalue weighted by Crippen LogP contribution is -2.44. The normalized spacial score (nSPS) is 17.0. The minimum Gasteiger partial charge on any atom is -0.356 e. The van der Waals surface area contributed by atoms with Crippen LogP contribution in [0.25, 0.3) is 0 Å². The number of hydrogen-bond acceptors (Lipinski definition) is 3. The van der Waals surface area contributed by atoms with Gasteiger partial charge >= 0.3 is 0 Å². The van der Waals surface area contributed by atoms with Gasteiger partial charge in [0.2, 0.25) is 5.91 Å². The van der Waals surface area contributed by atoms with E-state index in [0.717, 1.165) is 44.1 Å². The predicted molar refractivity (Wildman–Crippen MR) is 97.2 cm³/mol. The van der Waals surface area contributed by atoms with Gasteiger partial charge in [0, 0.05) is 38.3 Å². The summed E-state index contributed by atoms with van der Waals surface area (Å²) in [5.41, 5.74) is 0.613. The van der Waals surface area contributed by atoms with E-state index in [2.05, 4.69) is 20.7 Å². The second-order valence-corrected chi connectivity index (χ2v) is 7.21. The van der Waals surface area contributed by atoms with Crippen molar-refractivity contribution in [1.29, 1.82) is 0 Å². The number of amides is 1. The van der Waals surface area contributed by atoms with Gasteiger partial charge in [0.1, 0.15) is 0 Å². The van der Waals surface area contributed by atoms with E-state index < -0.39 is 0 Å². The minimum absolute atomic E-state index is 0.234. The number of nitrogens with zero attached hydrogens (tertiary/aromatic N) is 4. The van der Waals surface area contributed by atoms with E-state index in [1.54, 1.807) is 7.05 Å². The molecule has 1 aromatic rings. The monoisotopic (exact) mass is 334 g/mol. The van der Waals surface area contributed by atoms with Crippen LogP contribution in [0.2, 0.25) is 0 Å². The summed E-state index contributed by atoms with van der Waals surface area (Å²) in [5, 5.41) is 10.9. The zero-order chi connectivity index (χ0) is 17.7. The molecule has 7 heteroatoms. The molecule has 0 saturated carbocycles. The Morgan fingerprint density at radius 3 is 2.58 bits per heavy atom. The fourth-order valence-corrected chi connectivity index (χ4v) is 2.89. The largest absolute Gasteiger partial charge is 0.356 e. The SMILES string of the molecule is CCNC(=NC)Nc1cnn(C2CCN(C(=O)C(C)(C)C)CC2)c1. The van der Waals surface area contributed by atoms with Crippen LogP contribution in [0, 0.1) is 5.41 Å². The summed E-state index contributed by atoms with van der Waals surface area (Å²) >= 11 is 0. The highest BCUT2D eigenvalue weighted by Gasteiger charge is 2.30. The number of carbonyl (C=O) groups excluding carboxylic acids is 1. The first kappa shape index (κ1) is 18.3. The van der Waals surface area contributed by atoms with Crippen molar-refractivity contribution < 1.29 is 4.79 Å².